The highest BCUT2D eigenvalue weighted by Gasteiger charge is 2.17. The quantitative estimate of drug-likeness (QED) is 0.630. The molecule has 2 heterocycles. The van der Waals surface area contributed by atoms with Crippen LogP contribution < -0.4 is 15.0 Å². The van der Waals surface area contributed by atoms with Crippen LogP contribution in [0.15, 0.2) is 18.2 Å². The van der Waals surface area contributed by atoms with Gasteiger partial charge < -0.3 is 15.0 Å². The molecule has 1 aromatic rings. The van der Waals surface area contributed by atoms with Crippen molar-refractivity contribution in [3.8, 4) is 5.75 Å². The second-order valence-corrected chi connectivity index (χ2v) is 4.83. The predicted octanol–water partition coefficient (Wildman–Crippen LogP) is -1.42. The van der Waals surface area contributed by atoms with Gasteiger partial charge in [0.2, 0.25) is 0 Å². The van der Waals surface area contributed by atoms with Crippen molar-refractivity contribution in [2.24, 2.45) is 0 Å². The molecule has 1 fully saturated rings. The van der Waals surface area contributed by atoms with Crippen LogP contribution in [0, 0.1) is 0 Å². The summed E-state index contributed by atoms with van der Waals surface area (Å²) in [6.45, 7) is 7.21. The minimum Gasteiger partial charge on any atom is -0.493 e. The largest absolute Gasteiger partial charge is 0.493 e. The second-order valence-electron chi connectivity index (χ2n) is 4.83. The number of piperazine rings is 1. The lowest BCUT2D eigenvalue weighted by Gasteiger charge is -2.22. The van der Waals surface area contributed by atoms with Crippen molar-refractivity contribution in [3.05, 3.63) is 29.3 Å². The Bertz CT molecular complexity index is 372. The molecule has 16 heavy (non-hydrogen) atoms. The number of rotatable bonds is 2. The molecule has 3 heteroatoms. The first-order valence-electron chi connectivity index (χ1n) is 6.32. The van der Waals surface area contributed by atoms with E-state index in [1.54, 1.807) is 4.90 Å². The molecule has 0 radical (unpaired) electrons. The molecule has 86 valence electrons. The van der Waals surface area contributed by atoms with Crippen molar-refractivity contribution < 1.29 is 15.0 Å². The van der Waals surface area contributed by atoms with Gasteiger partial charge in [-0.05, 0) is 23.8 Å². The van der Waals surface area contributed by atoms with Crippen molar-refractivity contribution in [2.45, 2.75) is 13.0 Å². The molecule has 0 bridgehead atoms. The molecular formula is C13H20N2O+2. The average molecular weight is 220 g/mol. The maximum atomic E-state index is 5.53. The number of hydrogen-bond donors (Lipinski definition) is 2. The first kappa shape index (κ1) is 10.1. The summed E-state index contributed by atoms with van der Waals surface area (Å²) in [5.41, 5.74) is 2.88. The van der Waals surface area contributed by atoms with Crippen molar-refractivity contribution in [1.82, 2.24) is 0 Å². The Balaban J connectivity index is 1.69. The fourth-order valence-corrected chi connectivity index (χ4v) is 2.70. The van der Waals surface area contributed by atoms with Crippen LogP contribution >= 0.6 is 0 Å². The van der Waals surface area contributed by atoms with E-state index in [1.165, 1.54) is 43.9 Å². The second kappa shape index (κ2) is 4.44. The SMILES string of the molecule is c1cc2c(cc1C[NH+]1CC[NH2+]CC1)CCO2. The van der Waals surface area contributed by atoms with Crippen molar-refractivity contribution >= 4 is 0 Å². The van der Waals surface area contributed by atoms with Crippen LogP contribution in [-0.4, -0.2) is 32.8 Å². The van der Waals surface area contributed by atoms with Crippen LogP contribution in [0.1, 0.15) is 11.1 Å². The molecule has 3 nitrogen and oxygen atoms in total. The molecule has 0 aliphatic carbocycles. The first-order valence-corrected chi connectivity index (χ1v) is 6.32. The highest BCUT2D eigenvalue weighted by molar-refractivity contribution is 5.39. The summed E-state index contributed by atoms with van der Waals surface area (Å²) in [5.74, 6) is 1.10. The van der Waals surface area contributed by atoms with Crippen molar-refractivity contribution in [3.63, 3.8) is 0 Å². The molecule has 3 N–H and O–H groups in total. The summed E-state index contributed by atoms with van der Waals surface area (Å²) < 4.78 is 5.53. The van der Waals surface area contributed by atoms with Gasteiger partial charge in [0, 0.05) is 12.0 Å². The number of ether oxygens (including phenoxy) is 1. The standard InChI is InChI=1S/C13H18N2O/c1-2-13-12(3-8-16-13)9-11(1)10-15-6-4-14-5-7-15/h1-2,9,14H,3-8,10H2/p+2. The summed E-state index contributed by atoms with van der Waals surface area (Å²) in [6, 6.07) is 6.72. The summed E-state index contributed by atoms with van der Waals surface area (Å²) in [5, 5.41) is 2.42. The lowest BCUT2D eigenvalue weighted by atomic mass is 10.1. The number of fused-ring (bicyclic) bond motifs is 1. The Morgan fingerprint density at radius 3 is 3.00 bits per heavy atom. The zero-order chi connectivity index (χ0) is 10.8. The van der Waals surface area contributed by atoms with E-state index in [9.17, 15) is 0 Å². The zero-order valence-corrected chi connectivity index (χ0v) is 9.67. The molecule has 0 saturated carbocycles. The number of benzene rings is 1. The van der Waals surface area contributed by atoms with Gasteiger partial charge in [0.25, 0.3) is 0 Å². The van der Waals surface area contributed by atoms with Gasteiger partial charge in [0.05, 0.1) is 6.61 Å². The Hall–Kier alpha value is -1.06. The zero-order valence-electron chi connectivity index (χ0n) is 9.67. The molecule has 0 unspecified atom stereocenters. The summed E-state index contributed by atoms with van der Waals surface area (Å²) >= 11 is 0. The molecule has 3 rings (SSSR count). The molecule has 0 atom stereocenters. The predicted molar refractivity (Wildman–Crippen MR) is 61.7 cm³/mol. The maximum Gasteiger partial charge on any atom is 0.127 e. The van der Waals surface area contributed by atoms with Gasteiger partial charge in [-0.3, -0.25) is 0 Å². The van der Waals surface area contributed by atoms with E-state index < -0.39 is 0 Å². The summed E-state index contributed by atoms with van der Waals surface area (Å²) in [7, 11) is 0. The lowest BCUT2D eigenvalue weighted by molar-refractivity contribution is -0.958. The van der Waals surface area contributed by atoms with Gasteiger partial charge in [0.1, 0.15) is 38.5 Å². The Morgan fingerprint density at radius 1 is 1.25 bits per heavy atom. The highest BCUT2D eigenvalue weighted by atomic mass is 16.5. The highest BCUT2D eigenvalue weighted by Crippen LogP contribution is 2.25. The van der Waals surface area contributed by atoms with Gasteiger partial charge in [-0.25, -0.2) is 0 Å². The molecule has 1 saturated heterocycles. The summed E-state index contributed by atoms with van der Waals surface area (Å²) in [6.07, 6.45) is 1.09. The van der Waals surface area contributed by atoms with Crippen molar-refractivity contribution in [2.75, 3.05) is 32.8 Å². The summed E-state index contributed by atoms with van der Waals surface area (Å²) in [4.78, 5) is 1.72. The third kappa shape index (κ3) is 2.06. The lowest BCUT2D eigenvalue weighted by Crippen LogP contribution is -3.19. The smallest absolute Gasteiger partial charge is 0.127 e. The Labute approximate surface area is 96.4 Å². The molecule has 0 amide bonds. The molecule has 1 aromatic carbocycles. The average Bonchev–Trinajstić information content (AvgIpc) is 2.77. The molecule has 2 aliphatic heterocycles. The van der Waals surface area contributed by atoms with Gasteiger partial charge in [-0.2, -0.15) is 0 Å². The Morgan fingerprint density at radius 2 is 2.12 bits per heavy atom. The van der Waals surface area contributed by atoms with Gasteiger partial charge in [0.15, 0.2) is 0 Å². The van der Waals surface area contributed by atoms with E-state index in [2.05, 4.69) is 23.5 Å². The van der Waals surface area contributed by atoms with Crippen LogP contribution in [0.5, 0.6) is 5.75 Å². The first-order chi connectivity index (χ1) is 7.92. The van der Waals surface area contributed by atoms with Crippen molar-refractivity contribution in [1.29, 1.82) is 0 Å². The van der Waals surface area contributed by atoms with E-state index in [-0.39, 0.29) is 0 Å². The van der Waals surface area contributed by atoms with Crippen LogP contribution in [0.25, 0.3) is 0 Å². The normalized spacial score (nSPS) is 20.5. The van der Waals surface area contributed by atoms with E-state index in [4.69, 9.17) is 4.74 Å². The molecular weight excluding hydrogens is 200 g/mol. The fraction of sp³-hybridized carbons (Fsp3) is 0.538. The van der Waals surface area contributed by atoms with E-state index >= 15 is 0 Å². The number of hydrogen-bond acceptors (Lipinski definition) is 1. The fourth-order valence-electron chi connectivity index (χ4n) is 2.70. The monoisotopic (exact) mass is 220 g/mol. The van der Waals surface area contributed by atoms with Gasteiger partial charge in [-0.1, -0.05) is 0 Å². The minimum absolute atomic E-state index is 0.865. The van der Waals surface area contributed by atoms with Crippen LogP contribution in [0.4, 0.5) is 0 Å². The van der Waals surface area contributed by atoms with E-state index in [0.29, 0.717) is 0 Å². The third-order valence-corrected chi connectivity index (χ3v) is 3.61. The Kier molecular flexibility index (Phi) is 2.80. The third-order valence-electron chi connectivity index (χ3n) is 3.61. The van der Waals surface area contributed by atoms with Crippen LogP contribution in [-0.2, 0) is 13.0 Å². The topological polar surface area (TPSA) is 30.3 Å². The van der Waals surface area contributed by atoms with E-state index in [0.717, 1.165) is 18.8 Å². The number of nitrogens with one attached hydrogen (secondary N) is 1. The van der Waals surface area contributed by atoms with Gasteiger partial charge >= 0.3 is 0 Å². The minimum atomic E-state index is 0.865. The maximum absolute atomic E-state index is 5.53. The van der Waals surface area contributed by atoms with Crippen LogP contribution in [0.3, 0.4) is 0 Å². The van der Waals surface area contributed by atoms with Crippen LogP contribution in [0.2, 0.25) is 0 Å². The number of quaternary nitrogens is 2. The molecule has 0 aromatic heterocycles. The van der Waals surface area contributed by atoms with Gasteiger partial charge in [-0.15, -0.1) is 0 Å². The van der Waals surface area contributed by atoms with E-state index in [1.807, 2.05) is 0 Å². The molecule has 2 aliphatic rings. The number of nitrogens with two attached hydrogens (primary N) is 1. The molecule has 0 spiro atoms.